The molecule has 0 bridgehead atoms. The molecule has 8 aliphatic rings. The van der Waals surface area contributed by atoms with Gasteiger partial charge in [-0.3, -0.25) is 19.2 Å². The smallest absolute Gasteiger partial charge is 0.407 e. The van der Waals surface area contributed by atoms with Crippen molar-refractivity contribution in [1.29, 1.82) is 0 Å². The van der Waals surface area contributed by atoms with Gasteiger partial charge in [0.05, 0.1) is 30.6 Å². The van der Waals surface area contributed by atoms with Gasteiger partial charge in [-0.1, -0.05) is 0 Å². The van der Waals surface area contributed by atoms with Crippen molar-refractivity contribution >= 4 is 29.8 Å². The highest BCUT2D eigenvalue weighted by molar-refractivity contribution is 5.83. The van der Waals surface area contributed by atoms with Gasteiger partial charge in [0.15, 0.2) is 48.3 Å². The number of hydrogen-bond acceptors (Lipinski definition) is 22. The molecule has 4 unspecified atom stereocenters. The van der Waals surface area contributed by atoms with Crippen LogP contribution in [0.4, 0.5) is 4.79 Å². The predicted octanol–water partition coefficient (Wildman–Crippen LogP) is 0.545. The average molecular weight is 1090 g/mol. The van der Waals surface area contributed by atoms with Gasteiger partial charge < -0.3 is 107 Å². The van der Waals surface area contributed by atoms with E-state index in [-0.39, 0.29) is 0 Å². The Hall–Kier alpha value is -3.49. The summed E-state index contributed by atoms with van der Waals surface area (Å²) < 4.78 is 103. The zero-order valence-corrected chi connectivity index (χ0v) is 45.8. The Balaban J connectivity index is 1.05. The summed E-state index contributed by atoms with van der Waals surface area (Å²) >= 11 is 0. The van der Waals surface area contributed by atoms with Crippen LogP contribution < -0.4 is 21.3 Å². The van der Waals surface area contributed by atoms with Crippen molar-refractivity contribution in [2.24, 2.45) is 0 Å². The number of hydrogen-bond donors (Lipinski definition) is 5. The molecule has 0 aromatic carbocycles. The maximum atomic E-state index is 14.8. The lowest BCUT2D eigenvalue weighted by molar-refractivity contribution is -0.221. The first-order valence-electron chi connectivity index (χ1n) is 25.7. The number of aliphatic carboxylic acids is 1. The largest absolute Gasteiger partial charge is 0.481 e. The Morgan fingerprint density at radius 2 is 0.684 bits per heavy atom. The Bertz CT molecular complexity index is 2120. The summed E-state index contributed by atoms with van der Waals surface area (Å²) in [4.78, 5) is 69.6. The Morgan fingerprint density at radius 3 is 0.921 bits per heavy atom. The first-order chi connectivity index (χ1) is 35.4. The fourth-order valence-electron chi connectivity index (χ4n) is 11.4. The highest BCUT2D eigenvalue weighted by Crippen LogP contribution is 2.44. The Labute approximate surface area is 441 Å². The third-order valence-electron chi connectivity index (χ3n) is 14.1. The topological polar surface area (TPSA) is 311 Å². The molecule has 8 aliphatic heterocycles. The van der Waals surface area contributed by atoms with E-state index in [1.807, 2.05) is 0 Å². The number of fused-ring (bicyclic) bond motifs is 4. The monoisotopic (exact) mass is 1090 g/mol. The normalized spacial score (nSPS) is 38.8. The molecule has 27 heteroatoms. The van der Waals surface area contributed by atoms with Crippen LogP contribution >= 0.6 is 0 Å². The van der Waals surface area contributed by atoms with Gasteiger partial charge >= 0.3 is 12.1 Å². The SMILES string of the molecule is CO[C@@H]1[C@H]2OC(C)(C)O[C@H]2O[C@@H]1C(CC(=O)NC(CC(=O)O)[C@@H]1O[C@@H]2OC(C)(C)O[C@@H]2[C@H]1OC)NC(=O)CC(NC(=O)CC(NC(=O)OC(C)(C)C)[C@H]1O[C@@H]2OC(C)(C)O[C@@H]2[C@H]1OC)[C@@H]1O[C@@H]2OC(C)(C)O[C@@H]2[C@H]1OC. The molecule has 27 nitrogen and oxygen atoms in total. The van der Waals surface area contributed by atoms with Crippen molar-refractivity contribution in [3.63, 3.8) is 0 Å². The molecule has 8 fully saturated rings. The van der Waals surface area contributed by atoms with E-state index < -0.39 is 207 Å². The van der Waals surface area contributed by atoms with E-state index in [0.717, 1.165) is 0 Å². The van der Waals surface area contributed by atoms with Crippen LogP contribution in [0.15, 0.2) is 0 Å². The van der Waals surface area contributed by atoms with Gasteiger partial charge in [0.2, 0.25) is 17.7 Å². The van der Waals surface area contributed by atoms with Crippen LogP contribution in [0.3, 0.4) is 0 Å². The molecule has 0 aromatic heterocycles. The molecule has 4 amide bonds. The van der Waals surface area contributed by atoms with Crippen molar-refractivity contribution in [2.75, 3.05) is 28.4 Å². The molecule has 0 saturated carbocycles. The number of methoxy groups -OCH3 is 4. The van der Waals surface area contributed by atoms with Crippen LogP contribution in [0.2, 0.25) is 0 Å². The summed E-state index contributed by atoms with van der Waals surface area (Å²) in [6, 6.07) is -4.71. The predicted molar refractivity (Wildman–Crippen MR) is 253 cm³/mol. The molecule has 432 valence electrons. The Morgan fingerprint density at radius 1 is 0.434 bits per heavy atom. The Kier molecular flexibility index (Phi) is 17.1. The zero-order chi connectivity index (χ0) is 55.6. The first-order valence-corrected chi connectivity index (χ1v) is 25.7. The minimum absolute atomic E-state index is 0.445. The minimum Gasteiger partial charge on any atom is -0.481 e. The number of ether oxygens (including phenoxy) is 17. The van der Waals surface area contributed by atoms with E-state index in [1.165, 1.54) is 28.4 Å². The van der Waals surface area contributed by atoms with Gasteiger partial charge in [0.1, 0.15) is 78.8 Å². The maximum absolute atomic E-state index is 14.8. The molecule has 0 radical (unpaired) electrons. The molecular formula is C49H78N4O23. The van der Waals surface area contributed by atoms with Crippen LogP contribution in [-0.4, -0.2) is 215 Å². The standard InChI is InChI=1S/C49H78N4O23/c1-45(2,3)76-44(59)53-22(30-34(62-14)38-42(66-30)74-48(8,9)70-38)18-26(56)51-20(28-32(60-12)36-40(64-28)72-46(4,5)68-36)16-24(54)50-21(29-33(61-13)37-41(65-29)73-47(6,7)69-37)17-25(55)52-23(19-27(57)58)31-35(63-15)39-43(67-31)75-49(10,11)71-39/h20-23,28-43H,16-19H2,1-15H3,(H,50,54)(H,51,56)(H,52,55)(H,53,59)(H,57,58)/t20?,21?,22?,23?,28-,29+,30+,31-,32-,33-,34-,35-,36+,37+,38+,39+,40+,41+,42+,43+/m0/s1. The van der Waals surface area contributed by atoms with Gasteiger partial charge in [0.25, 0.3) is 0 Å². The second-order valence-corrected chi connectivity index (χ2v) is 23.1. The molecule has 20 atom stereocenters. The summed E-state index contributed by atoms with van der Waals surface area (Å²) in [6.07, 6.45) is -17.3. The fourth-order valence-corrected chi connectivity index (χ4v) is 11.4. The van der Waals surface area contributed by atoms with E-state index >= 15 is 0 Å². The lowest BCUT2D eigenvalue weighted by Crippen LogP contribution is -2.57. The van der Waals surface area contributed by atoms with Gasteiger partial charge in [0, 0.05) is 47.7 Å². The van der Waals surface area contributed by atoms with Crippen molar-refractivity contribution < 1.29 is 110 Å². The molecule has 8 saturated heterocycles. The first kappa shape index (κ1) is 58.7. The van der Waals surface area contributed by atoms with Crippen molar-refractivity contribution in [2.45, 2.75) is 253 Å². The number of alkyl carbamates (subject to hydrolysis) is 1. The van der Waals surface area contributed by atoms with Gasteiger partial charge in [-0.25, -0.2) is 4.79 Å². The third-order valence-corrected chi connectivity index (χ3v) is 14.1. The number of carbonyl (C=O) groups excluding carboxylic acids is 4. The minimum atomic E-state index is -1.24. The van der Waals surface area contributed by atoms with E-state index in [0.29, 0.717) is 0 Å². The van der Waals surface area contributed by atoms with Gasteiger partial charge in [-0.15, -0.1) is 0 Å². The lowest BCUT2D eigenvalue weighted by Gasteiger charge is -2.34. The molecule has 5 N–H and O–H groups in total. The van der Waals surface area contributed by atoms with Gasteiger partial charge in [-0.2, -0.15) is 0 Å². The average Bonchev–Trinajstić information content (AvgIpc) is 4.15. The second-order valence-electron chi connectivity index (χ2n) is 23.1. The summed E-state index contributed by atoms with van der Waals surface area (Å²) in [7, 11) is 5.71. The quantitative estimate of drug-likeness (QED) is 0.111. The number of carbonyl (C=O) groups is 5. The lowest BCUT2D eigenvalue weighted by atomic mass is 9.96. The van der Waals surface area contributed by atoms with Gasteiger partial charge in [-0.05, 0) is 76.2 Å². The second kappa shape index (κ2) is 22.2. The molecule has 8 rings (SSSR count). The summed E-state index contributed by atoms with van der Waals surface area (Å²) in [5.41, 5.74) is -0.912. The van der Waals surface area contributed by atoms with Crippen molar-refractivity contribution in [3.8, 4) is 0 Å². The molecule has 8 heterocycles. The van der Waals surface area contributed by atoms with Crippen molar-refractivity contribution in [1.82, 2.24) is 21.3 Å². The number of carboxylic acid groups (broad SMARTS) is 1. The van der Waals surface area contributed by atoms with Crippen LogP contribution in [0.1, 0.15) is 102 Å². The number of carboxylic acids is 1. The number of rotatable bonds is 20. The van der Waals surface area contributed by atoms with Crippen LogP contribution in [-0.2, 0) is 99.7 Å². The molecular weight excluding hydrogens is 1010 g/mol. The highest BCUT2D eigenvalue weighted by atomic mass is 16.9. The van der Waals surface area contributed by atoms with Crippen LogP contribution in [0.5, 0.6) is 0 Å². The van der Waals surface area contributed by atoms with E-state index in [1.54, 1.807) is 76.2 Å². The molecule has 0 aromatic rings. The summed E-state index contributed by atoms with van der Waals surface area (Å²) in [5.74, 6) is -7.48. The molecule has 0 aliphatic carbocycles. The van der Waals surface area contributed by atoms with E-state index in [2.05, 4.69) is 21.3 Å². The van der Waals surface area contributed by atoms with Crippen LogP contribution in [0.25, 0.3) is 0 Å². The number of nitrogens with one attached hydrogen (secondary N) is 4. The fraction of sp³-hybridized carbons (Fsp3) is 0.898. The molecule has 76 heavy (non-hydrogen) atoms. The van der Waals surface area contributed by atoms with E-state index in [9.17, 15) is 29.1 Å². The highest BCUT2D eigenvalue weighted by Gasteiger charge is 2.62. The van der Waals surface area contributed by atoms with Crippen LogP contribution in [0, 0.1) is 0 Å². The molecule has 0 spiro atoms. The van der Waals surface area contributed by atoms with Crippen molar-refractivity contribution in [3.05, 3.63) is 0 Å². The third kappa shape index (κ3) is 13.1. The zero-order valence-electron chi connectivity index (χ0n) is 45.8. The summed E-state index contributed by atoms with van der Waals surface area (Å²) in [5, 5.41) is 21.5. The van der Waals surface area contributed by atoms with E-state index in [4.69, 9.17) is 80.5 Å². The maximum Gasteiger partial charge on any atom is 0.407 e. The summed E-state index contributed by atoms with van der Waals surface area (Å²) in [6.45, 7) is 18.7. The number of amides is 4.